The third-order valence-corrected chi connectivity index (χ3v) is 4.94. The van der Waals surface area contributed by atoms with Gasteiger partial charge in [-0.15, -0.1) is 0 Å². The molecule has 0 fully saturated rings. The minimum absolute atomic E-state index is 0.478. The van der Waals surface area contributed by atoms with E-state index < -0.39 is 11.9 Å². The van der Waals surface area contributed by atoms with Crippen molar-refractivity contribution in [3.63, 3.8) is 0 Å². The normalized spacial score (nSPS) is 15.0. The van der Waals surface area contributed by atoms with Gasteiger partial charge >= 0.3 is 11.9 Å². The molecule has 1 aliphatic rings. The summed E-state index contributed by atoms with van der Waals surface area (Å²) in [5.41, 5.74) is 6.85. The van der Waals surface area contributed by atoms with E-state index in [0.29, 0.717) is 6.04 Å². The van der Waals surface area contributed by atoms with Gasteiger partial charge in [0, 0.05) is 12.6 Å². The maximum absolute atomic E-state index is 9.10. The van der Waals surface area contributed by atoms with Gasteiger partial charge in [-0.3, -0.25) is 0 Å². The predicted octanol–water partition coefficient (Wildman–Crippen LogP) is 3.63. The number of benzene rings is 2. The Labute approximate surface area is 165 Å². The van der Waals surface area contributed by atoms with E-state index >= 15 is 0 Å². The van der Waals surface area contributed by atoms with Crippen LogP contribution in [-0.4, -0.2) is 29.3 Å². The molecule has 0 saturated heterocycles. The number of hydrogen-bond donors (Lipinski definition) is 3. The van der Waals surface area contributed by atoms with Crippen LogP contribution in [0.4, 0.5) is 0 Å². The lowest BCUT2D eigenvalue weighted by atomic mass is 9.87. The number of carboxylic acid groups (broad SMARTS) is 2. The summed E-state index contributed by atoms with van der Waals surface area (Å²) in [6.07, 6.45) is 3.72. The highest BCUT2D eigenvalue weighted by Gasteiger charge is 2.19. The van der Waals surface area contributed by atoms with E-state index in [9.17, 15) is 0 Å². The molecule has 0 heterocycles. The van der Waals surface area contributed by atoms with Crippen LogP contribution in [0.25, 0.3) is 0 Å². The van der Waals surface area contributed by atoms with Crippen LogP contribution >= 0.6 is 0 Å². The van der Waals surface area contributed by atoms with E-state index in [0.717, 1.165) is 12.3 Å². The minimum Gasteiger partial charge on any atom is -0.496 e. The van der Waals surface area contributed by atoms with Crippen LogP contribution in [-0.2, 0) is 22.6 Å². The van der Waals surface area contributed by atoms with Crippen molar-refractivity contribution >= 4 is 11.9 Å². The Morgan fingerprint density at radius 2 is 1.79 bits per heavy atom. The van der Waals surface area contributed by atoms with E-state index in [4.69, 9.17) is 24.5 Å². The number of hydrogen-bond acceptors (Lipinski definition) is 4. The van der Waals surface area contributed by atoms with Crippen LogP contribution in [0.2, 0.25) is 0 Å². The average Bonchev–Trinajstić information content (AvgIpc) is 2.68. The van der Waals surface area contributed by atoms with Crippen molar-refractivity contribution in [2.45, 2.75) is 45.7 Å². The largest absolute Gasteiger partial charge is 0.496 e. The number of carboxylic acids is 2. The van der Waals surface area contributed by atoms with E-state index in [-0.39, 0.29) is 0 Å². The number of ether oxygens (including phenoxy) is 1. The summed E-state index contributed by atoms with van der Waals surface area (Å²) in [5, 5.41) is 18.5. The van der Waals surface area contributed by atoms with Gasteiger partial charge in [0.2, 0.25) is 0 Å². The lowest BCUT2D eigenvalue weighted by molar-refractivity contribution is -0.159. The number of carbonyl (C=O) groups is 2. The molecule has 3 N–H and O–H groups in total. The van der Waals surface area contributed by atoms with Crippen molar-refractivity contribution in [1.82, 2.24) is 5.32 Å². The fourth-order valence-electron chi connectivity index (χ4n) is 3.46. The zero-order valence-corrected chi connectivity index (χ0v) is 16.5. The molecule has 0 aromatic heterocycles. The number of aliphatic carboxylic acids is 2. The Morgan fingerprint density at radius 1 is 1.11 bits per heavy atom. The fraction of sp³-hybridized carbons (Fsp3) is 0.364. The van der Waals surface area contributed by atoms with Gasteiger partial charge in [-0.05, 0) is 67.0 Å². The molecule has 0 amide bonds. The van der Waals surface area contributed by atoms with Crippen molar-refractivity contribution in [3.8, 4) is 5.75 Å². The van der Waals surface area contributed by atoms with Crippen LogP contribution in [0.15, 0.2) is 36.4 Å². The molecule has 0 aliphatic heterocycles. The fourth-order valence-corrected chi connectivity index (χ4v) is 3.46. The first-order chi connectivity index (χ1) is 13.3. The molecule has 150 valence electrons. The van der Waals surface area contributed by atoms with Crippen molar-refractivity contribution < 1.29 is 24.5 Å². The van der Waals surface area contributed by atoms with E-state index in [2.05, 4.69) is 55.6 Å². The first-order valence-corrected chi connectivity index (χ1v) is 9.25. The molecule has 1 unspecified atom stereocenters. The molecule has 6 nitrogen and oxygen atoms in total. The third-order valence-electron chi connectivity index (χ3n) is 4.94. The summed E-state index contributed by atoms with van der Waals surface area (Å²) >= 11 is 0. The van der Waals surface area contributed by atoms with Crippen molar-refractivity contribution in [2.75, 3.05) is 7.11 Å². The summed E-state index contributed by atoms with van der Waals surface area (Å²) in [5.74, 6) is -2.67. The third kappa shape index (κ3) is 5.57. The molecule has 1 aliphatic carbocycles. The average molecular weight is 385 g/mol. The number of aryl methyl sites for hydroxylation is 3. The van der Waals surface area contributed by atoms with Gasteiger partial charge in [-0.1, -0.05) is 30.3 Å². The van der Waals surface area contributed by atoms with E-state index in [1.54, 1.807) is 7.11 Å². The molecule has 2 aromatic carbocycles. The van der Waals surface area contributed by atoms with Gasteiger partial charge < -0.3 is 20.3 Å². The second-order valence-electron chi connectivity index (χ2n) is 6.88. The van der Waals surface area contributed by atoms with Crippen molar-refractivity contribution in [3.05, 3.63) is 64.2 Å². The first-order valence-electron chi connectivity index (χ1n) is 9.25. The van der Waals surface area contributed by atoms with Crippen LogP contribution in [0.1, 0.15) is 46.7 Å². The SMILES string of the molecule is COc1cc(C)c(CNC2CCCc3ccccc32)cc1C.O=C(O)C(=O)O. The molecule has 2 aromatic rings. The lowest BCUT2D eigenvalue weighted by Gasteiger charge is -2.27. The smallest absolute Gasteiger partial charge is 0.414 e. The van der Waals surface area contributed by atoms with Crippen LogP contribution in [0.5, 0.6) is 5.75 Å². The summed E-state index contributed by atoms with van der Waals surface area (Å²) in [4.78, 5) is 18.2. The topological polar surface area (TPSA) is 95.9 Å². The van der Waals surface area contributed by atoms with E-state index in [1.807, 2.05) is 0 Å². The van der Waals surface area contributed by atoms with Gasteiger partial charge in [-0.25, -0.2) is 9.59 Å². The Kier molecular flexibility index (Phi) is 7.58. The summed E-state index contributed by atoms with van der Waals surface area (Å²) in [6, 6.07) is 13.7. The molecule has 0 saturated carbocycles. The van der Waals surface area contributed by atoms with Gasteiger partial charge in [-0.2, -0.15) is 0 Å². The number of methoxy groups -OCH3 is 1. The van der Waals surface area contributed by atoms with Gasteiger partial charge in [0.15, 0.2) is 0 Å². The number of fused-ring (bicyclic) bond motifs is 1. The molecular formula is C22H27NO5. The molecule has 6 heteroatoms. The maximum atomic E-state index is 9.10. The molecular weight excluding hydrogens is 358 g/mol. The highest BCUT2D eigenvalue weighted by molar-refractivity contribution is 6.27. The second kappa shape index (κ2) is 9.90. The summed E-state index contributed by atoms with van der Waals surface area (Å²) in [7, 11) is 1.73. The molecule has 0 bridgehead atoms. The molecule has 1 atom stereocenters. The van der Waals surface area contributed by atoms with Crippen molar-refractivity contribution in [2.24, 2.45) is 0 Å². The van der Waals surface area contributed by atoms with Crippen molar-refractivity contribution in [1.29, 1.82) is 0 Å². The Morgan fingerprint density at radius 3 is 2.43 bits per heavy atom. The molecule has 28 heavy (non-hydrogen) atoms. The number of rotatable bonds is 4. The number of nitrogens with one attached hydrogen (secondary N) is 1. The monoisotopic (exact) mass is 385 g/mol. The first kappa shape index (κ1) is 21.4. The van der Waals surface area contributed by atoms with Gasteiger partial charge in [0.1, 0.15) is 5.75 Å². The van der Waals surface area contributed by atoms with E-state index in [1.165, 1.54) is 47.1 Å². The summed E-state index contributed by atoms with van der Waals surface area (Å²) in [6.45, 7) is 5.18. The maximum Gasteiger partial charge on any atom is 0.414 e. The Hall–Kier alpha value is -2.86. The van der Waals surface area contributed by atoms with Crippen LogP contribution < -0.4 is 10.1 Å². The Balaban J connectivity index is 0.000000409. The zero-order valence-electron chi connectivity index (χ0n) is 16.5. The molecule has 3 rings (SSSR count). The van der Waals surface area contributed by atoms with Gasteiger partial charge in [0.05, 0.1) is 7.11 Å². The quantitative estimate of drug-likeness (QED) is 0.696. The molecule has 0 radical (unpaired) electrons. The second-order valence-corrected chi connectivity index (χ2v) is 6.88. The Bertz CT molecular complexity index is 835. The minimum atomic E-state index is -1.82. The standard InChI is InChI=1S/C20H25NO.C2H2O4/c1-14-12-20(22-3)15(2)11-17(14)13-21-19-10-6-8-16-7-4-5-9-18(16)19;3-1(4)2(5)6/h4-5,7,9,11-12,19,21H,6,8,10,13H2,1-3H3;(H,3,4)(H,5,6). The predicted molar refractivity (Wildman–Crippen MR) is 107 cm³/mol. The summed E-state index contributed by atoms with van der Waals surface area (Å²) < 4.78 is 5.40. The molecule has 0 spiro atoms. The lowest BCUT2D eigenvalue weighted by Crippen LogP contribution is -2.25. The zero-order chi connectivity index (χ0) is 20.7. The van der Waals surface area contributed by atoms with Crippen LogP contribution in [0.3, 0.4) is 0 Å². The highest BCUT2D eigenvalue weighted by atomic mass is 16.5. The highest BCUT2D eigenvalue weighted by Crippen LogP contribution is 2.30. The van der Waals surface area contributed by atoms with Crippen LogP contribution in [0, 0.1) is 13.8 Å². The van der Waals surface area contributed by atoms with Gasteiger partial charge in [0.25, 0.3) is 0 Å².